The summed E-state index contributed by atoms with van der Waals surface area (Å²) in [7, 11) is 0. The summed E-state index contributed by atoms with van der Waals surface area (Å²) in [5.74, 6) is -2.31. The highest BCUT2D eigenvalue weighted by Crippen LogP contribution is 2.41. The van der Waals surface area contributed by atoms with Gasteiger partial charge in [0.2, 0.25) is 0 Å². The van der Waals surface area contributed by atoms with Crippen molar-refractivity contribution in [2.24, 2.45) is 0 Å². The fraction of sp³-hybridized carbons (Fsp3) is 0.0909. The summed E-state index contributed by atoms with van der Waals surface area (Å²) >= 11 is 12.3. The zero-order chi connectivity index (χ0) is 24.6. The first-order valence-electron chi connectivity index (χ1n) is 9.79. The van der Waals surface area contributed by atoms with Crippen molar-refractivity contribution in [3.05, 3.63) is 80.6 Å². The number of carbonyl (C=O) groups excluding carboxylic acids is 4. The lowest BCUT2D eigenvalue weighted by atomic mass is 10.1. The zero-order valence-corrected chi connectivity index (χ0v) is 21.0. The monoisotopic (exact) mass is 528 g/mol. The van der Waals surface area contributed by atoms with E-state index in [1.54, 1.807) is 62.4 Å². The molecule has 0 saturated carbocycles. The molecule has 0 aromatic heterocycles. The Balaban J connectivity index is 1.53. The average Bonchev–Trinajstić information content (AvgIpc) is 3.24. The van der Waals surface area contributed by atoms with E-state index in [1.807, 2.05) is 0 Å². The summed E-state index contributed by atoms with van der Waals surface area (Å²) in [5.41, 5.74) is 7.24. The van der Waals surface area contributed by atoms with Crippen LogP contribution in [0, 0.1) is 13.8 Å². The quantitative estimate of drug-likeness (QED) is 0.461. The van der Waals surface area contributed by atoms with Gasteiger partial charge in [-0.2, -0.15) is 10.0 Å². The van der Waals surface area contributed by atoms with Gasteiger partial charge in [-0.25, -0.2) is 0 Å². The molecule has 0 aliphatic carbocycles. The van der Waals surface area contributed by atoms with Gasteiger partial charge in [0.25, 0.3) is 23.6 Å². The maximum atomic E-state index is 13.0. The molecule has 2 saturated heterocycles. The predicted molar refractivity (Wildman–Crippen MR) is 138 cm³/mol. The van der Waals surface area contributed by atoms with Crippen molar-refractivity contribution in [3.8, 4) is 0 Å². The first kappa shape index (κ1) is 24.1. The lowest BCUT2D eigenvalue weighted by Gasteiger charge is -2.17. The standard InChI is InChI=1S/C22H16N4O4S4/c1-11-7-3-5-9-13(11)17(27)23-25-19(29)15(33-21(25)31)16-20(30)26(22(32)34-16)24-18(28)14-10-6-4-8-12(14)2/h3-10H,1-2H3,(H,23,27)(H,24,28)/b16-15+. The van der Waals surface area contributed by atoms with E-state index in [2.05, 4.69) is 10.9 Å². The summed E-state index contributed by atoms with van der Waals surface area (Å²) < 4.78 is 0.132. The summed E-state index contributed by atoms with van der Waals surface area (Å²) in [6, 6.07) is 13.8. The molecule has 0 unspecified atom stereocenters. The molecule has 0 atom stereocenters. The number of aryl methyl sites for hydroxylation is 2. The Hall–Kier alpha value is -3.06. The number of hydrogen-bond donors (Lipinski definition) is 2. The SMILES string of the molecule is Cc1ccccc1C(=O)NN1C(=O)/C(=C2\SC(=S)N(NC(=O)c3ccccc3C)C2=O)SC1=S. The van der Waals surface area contributed by atoms with Gasteiger partial charge < -0.3 is 0 Å². The molecule has 2 N–H and O–H groups in total. The summed E-state index contributed by atoms with van der Waals surface area (Å²) in [5, 5.41) is 1.87. The molecule has 4 amide bonds. The second-order valence-electron chi connectivity index (χ2n) is 7.19. The normalized spacial score (nSPS) is 18.1. The molecule has 2 heterocycles. The molecule has 0 radical (unpaired) electrons. The van der Waals surface area contributed by atoms with E-state index in [1.165, 1.54) is 0 Å². The first-order chi connectivity index (χ1) is 16.2. The summed E-state index contributed by atoms with van der Waals surface area (Å²) in [6.45, 7) is 3.55. The van der Waals surface area contributed by atoms with E-state index in [4.69, 9.17) is 24.4 Å². The van der Waals surface area contributed by atoms with E-state index in [0.29, 0.717) is 11.1 Å². The molecule has 34 heavy (non-hydrogen) atoms. The average molecular weight is 529 g/mol. The van der Waals surface area contributed by atoms with Crippen molar-refractivity contribution in [2.45, 2.75) is 13.8 Å². The van der Waals surface area contributed by atoms with E-state index >= 15 is 0 Å². The highest BCUT2D eigenvalue weighted by molar-refractivity contribution is 8.29. The van der Waals surface area contributed by atoms with E-state index in [-0.39, 0.29) is 18.5 Å². The van der Waals surface area contributed by atoms with Crippen LogP contribution in [0.15, 0.2) is 58.3 Å². The lowest BCUT2D eigenvalue weighted by Crippen LogP contribution is -2.46. The molecular formula is C22H16N4O4S4. The van der Waals surface area contributed by atoms with Crippen LogP contribution in [0.25, 0.3) is 0 Å². The Bertz CT molecular complexity index is 1220. The maximum absolute atomic E-state index is 13.0. The number of nitrogens with one attached hydrogen (secondary N) is 2. The number of thioether (sulfide) groups is 2. The van der Waals surface area contributed by atoms with Gasteiger partial charge in [-0.3, -0.25) is 30.0 Å². The third-order valence-electron chi connectivity index (χ3n) is 4.95. The first-order valence-corrected chi connectivity index (χ1v) is 12.2. The number of hydrogen-bond acceptors (Lipinski definition) is 8. The molecule has 2 aliphatic heterocycles. The van der Waals surface area contributed by atoms with Gasteiger partial charge in [0, 0.05) is 11.1 Å². The molecule has 0 bridgehead atoms. The minimum Gasteiger partial charge on any atom is -0.267 e. The Kier molecular flexibility index (Phi) is 6.84. The Morgan fingerprint density at radius 2 is 1.06 bits per heavy atom. The van der Waals surface area contributed by atoms with E-state index in [0.717, 1.165) is 44.7 Å². The van der Waals surface area contributed by atoms with Crippen molar-refractivity contribution < 1.29 is 19.2 Å². The molecule has 172 valence electrons. The number of hydrazine groups is 2. The number of carbonyl (C=O) groups is 4. The highest BCUT2D eigenvalue weighted by atomic mass is 32.2. The van der Waals surface area contributed by atoms with Crippen LogP contribution in [0.3, 0.4) is 0 Å². The Morgan fingerprint density at radius 3 is 1.41 bits per heavy atom. The van der Waals surface area contributed by atoms with Gasteiger partial charge in [-0.05, 0) is 61.5 Å². The second kappa shape index (κ2) is 9.66. The van der Waals surface area contributed by atoms with Gasteiger partial charge in [0.05, 0.1) is 0 Å². The van der Waals surface area contributed by atoms with Crippen LogP contribution >= 0.6 is 48.0 Å². The van der Waals surface area contributed by atoms with Crippen molar-refractivity contribution in [2.75, 3.05) is 0 Å². The van der Waals surface area contributed by atoms with Crippen molar-refractivity contribution >= 4 is 80.2 Å². The number of amides is 4. The largest absolute Gasteiger partial charge is 0.286 e. The zero-order valence-electron chi connectivity index (χ0n) is 17.8. The van der Waals surface area contributed by atoms with Gasteiger partial charge in [-0.15, -0.1) is 0 Å². The van der Waals surface area contributed by atoms with Crippen LogP contribution in [-0.2, 0) is 9.59 Å². The van der Waals surface area contributed by atoms with Crippen LogP contribution in [0.4, 0.5) is 0 Å². The maximum Gasteiger partial charge on any atom is 0.286 e. The van der Waals surface area contributed by atoms with Crippen LogP contribution in [0.5, 0.6) is 0 Å². The van der Waals surface area contributed by atoms with E-state index < -0.39 is 23.6 Å². The molecule has 2 aromatic rings. The third-order valence-corrected chi connectivity index (χ3v) is 7.83. The smallest absolute Gasteiger partial charge is 0.267 e. The lowest BCUT2D eigenvalue weighted by molar-refractivity contribution is -0.126. The highest BCUT2D eigenvalue weighted by Gasteiger charge is 2.43. The molecule has 2 fully saturated rings. The summed E-state index contributed by atoms with van der Waals surface area (Å²) in [4.78, 5) is 51.4. The van der Waals surface area contributed by atoms with Gasteiger partial charge in [0.1, 0.15) is 9.81 Å². The second-order valence-corrected chi connectivity index (χ2v) is 10.5. The third kappa shape index (κ3) is 4.49. The molecule has 2 aliphatic rings. The molecule has 8 nitrogen and oxygen atoms in total. The van der Waals surface area contributed by atoms with Gasteiger partial charge >= 0.3 is 0 Å². The van der Waals surface area contributed by atoms with Crippen molar-refractivity contribution in [3.63, 3.8) is 0 Å². The van der Waals surface area contributed by atoms with E-state index in [9.17, 15) is 19.2 Å². The number of thiocarbonyl (C=S) groups is 2. The molecule has 0 spiro atoms. The minimum atomic E-state index is -0.650. The number of rotatable bonds is 4. The molecule has 2 aromatic carbocycles. The van der Waals surface area contributed by atoms with Crippen LogP contribution in [0.2, 0.25) is 0 Å². The fourth-order valence-corrected chi connectivity index (χ4v) is 5.69. The van der Waals surface area contributed by atoms with Crippen LogP contribution in [-0.4, -0.2) is 42.3 Å². The van der Waals surface area contributed by atoms with Crippen LogP contribution in [0.1, 0.15) is 31.8 Å². The van der Waals surface area contributed by atoms with Crippen LogP contribution < -0.4 is 10.9 Å². The molecule has 4 rings (SSSR count). The number of benzene rings is 2. The van der Waals surface area contributed by atoms with Crippen molar-refractivity contribution in [1.82, 2.24) is 20.9 Å². The Labute approximate surface area is 214 Å². The van der Waals surface area contributed by atoms with Gasteiger partial charge in [0.15, 0.2) is 8.64 Å². The molecular weight excluding hydrogens is 513 g/mol. The minimum absolute atomic E-state index is 0.0278. The fourth-order valence-electron chi connectivity index (χ4n) is 3.18. The predicted octanol–water partition coefficient (Wildman–Crippen LogP) is 3.23. The topological polar surface area (TPSA) is 98.8 Å². The Morgan fingerprint density at radius 1 is 0.706 bits per heavy atom. The molecule has 12 heteroatoms. The van der Waals surface area contributed by atoms with Gasteiger partial charge in [-0.1, -0.05) is 59.9 Å². The van der Waals surface area contributed by atoms with Crippen molar-refractivity contribution in [1.29, 1.82) is 0 Å². The summed E-state index contributed by atoms with van der Waals surface area (Å²) in [6.07, 6.45) is 0. The number of nitrogens with zero attached hydrogens (tertiary/aromatic N) is 2.